The SMILES string of the molecule is Cc1cc(C)c(CN2CCc3c(-c4cnn(C)c4)cc(OC(C)C)c(Cl)c3C2=O)c(=O)[nH]1. The minimum atomic E-state index is -0.199. The van der Waals surface area contributed by atoms with E-state index < -0.39 is 0 Å². The van der Waals surface area contributed by atoms with Crippen molar-refractivity contribution in [1.29, 1.82) is 0 Å². The van der Waals surface area contributed by atoms with Gasteiger partial charge in [-0.15, -0.1) is 0 Å². The zero-order valence-corrected chi connectivity index (χ0v) is 19.7. The van der Waals surface area contributed by atoms with Gasteiger partial charge in [-0.05, 0) is 62.9 Å². The van der Waals surface area contributed by atoms with Crippen molar-refractivity contribution in [2.45, 2.75) is 46.8 Å². The summed E-state index contributed by atoms with van der Waals surface area (Å²) in [5, 5.41) is 4.59. The number of benzene rings is 1. The van der Waals surface area contributed by atoms with Crippen LogP contribution in [0, 0.1) is 13.8 Å². The number of carbonyl (C=O) groups excluding carboxylic acids is 1. The number of hydrogen-bond acceptors (Lipinski definition) is 4. The van der Waals surface area contributed by atoms with Crippen molar-refractivity contribution in [3.63, 3.8) is 0 Å². The Morgan fingerprint density at radius 3 is 2.62 bits per heavy atom. The van der Waals surface area contributed by atoms with Crippen molar-refractivity contribution in [3.8, 4) is 16.9 Å². The lowest BCUT2D eigenvalue weighted by Gasteiger charge is -2.31. The lowest BCUT2D eigenvalue weighted by molar-refractivity contribution is 0.0725. The minimum Gasteiger partial charge on any atom is -0.489 e. The number of nitrogens with one attached hydrogen (secondary N) is 1. The molecule has 168 valence electrons. The number of halogens is 1. The molecule has 0 saturated carbocycles. The van der Waals surface area contributed by atoms with Crippen molar-refractivity contribution < 1.29 is 9.53 Å². The van der Waals surface area contributed by atoms with E-state index in [1.54, 1.807) is 15.8 Å². The van der Waals surface area contributed by atoms with Crippen LogP contribution in [0.2, 0.25) is 5.02 Å². The minimum absolute atomic E-state index is 0.101. The first-order valence-electron chi connectivity index (χ1n) is 10.7. The van der Waals surface area contributed by atoms with Gasteiger partial charge in [0.2, 0.25) is 0 Å². The van der Waals surface area contributed by atoms with Gasteiger partial charge in [0.25, 0.3) is 11.5 Å². The molecule has 2 aromatic heterocycles. The molecule has 0 unspecified atom stereocenters. The van der Waals surface area contributed by atoms with Gasteiger partial charge in [-0.25, -0.2) is 0 Å². The summed E-state index contributed by atoms with van der Waals surface area (Å²) in [6.45, 7) is 8.29. The summed E-state index contributed by atoms with van der Waals surface area (Å²) in [6.07, 6.45) is 4.20. The third-order valence-corrected chi connectivity index (χ3v) is 6.07. The topological polar surface area (TPSA) is 80.2 Å². The van der Waals surface area contributed by atoms with Crippen LogP contribution in [-0.4, -0.2) is 38.2 Å². The van der Waals surface area contributed by atoms with Gasteiger partial charge in [0.05, 0.1) is 29.4 Å². The number of fused-ring (bicyclic) bond motifs is 1. The van der Waals surface area contributed by atoms with E-state index in [0.717, 1.165) is 27.9 Å². The number of rotatable bonds is 5. The fourth-order valence-corrected chi connectivity index (χ4v) is 4.53. The normalized spacial score (nSPS) is 13.6. The molecule has 4 rings (SSSR count). The number of carbonyl (C=O) groups is 1. The van der Waals surface area contributed by atoms with Crippen LogP contribution in [0.15, 0.2) is 29.3 Å². The summed E-state index contributed by atoms with van der Waals surface area (Å²) >= 11 is 6.72. The average molecular weight is 455 g/mol. The highest BCUT2D eigenvalue weighted by Crippen LogP contribution is 2.41. The third kappa shape index (κ3) is 4.05. The summed E-state index contributed by atoms with van der Waals surface area (Å²) in [6, 6.07) is 3.82. The Balaban J connectivity index is 1.80. The predicted molar refractivity (Wildman–Crippen MR) is 124 cm³/mol. The first-order valence-corrected chi connectivity index (χ1v) is 11.0. The zero-order chi connectivity index (χ0) is 23.2. The third-order valence-electron chi connectivity index (χ3n) is 5.69. The van der Waals surface area contributed by atoms with Crippen molar-refractivity contribution in [2.75, 3.05) is 6.54 Å². The van der Waals surface area contributed by atoms with Crippen molar-refractivity contribution in [3.05, 3.63) is 67.9 Å². The molecule has 1 aliphatic rings. The van der Waals surface area contributed by atoms with E-state index in [4.69, 9.17) is 16.3 Å². The van der Waals surface area contributed by atoms with Gasteiger partial charge in [0.15, 0.2) is 0 Å². The van der Waals surface area contributed by atoms with Gasteiger partial charge in [0.1, 0.15) is 5.75 Å². The number of nitrogens with zero attached hydrogens (tertiary/aromatic N) is 3. The highest BCUT2D eigenvalue weighted by molar-refractivity contribution is 6.35. The lowest BCUT2D eigenvalue weighted by atomic mass is 9.90. The number of H-pyrrole nitrogens is 1. The standard InChI is InChI=1S/C24H27ClN4O3/c1-13(2)32-20-9-18(16-10-26-28(5)11-16)17-6-7-29(24(31)21(17)22(20)25)12-19-14(3)8-15(4)27-23(19)30/h8-11,13H,6-7,12H2,1-5H3,(H,27,30). The Morgan fingerprint density at radius 1 is 1.25 bits per heavy atom. The van der Waals surface area contributed by atoms with Crippen LogP contribution < -0.4 is 10.3 Å². The zero-order valence-electron chi connectivity index (χ0n) is 19.0. The second kappa shape index (κ2) is 8.47. The van der Waals surface area contributed by atoms with Gasteiger partial charge in [0, 0.05) is 36.6 Å². The number of aromatic amines is 1. The van der Waals surface area contributed by atoms with E-state index in [9.17, 15) is 9.59 Å². The van der Waals surface area contributed by atoms with Crippen LogP contribution in [-0.2, 0) is 20.0 Å². The molecule has 0 radical (unpaired) electrons. The number of ether oxygens (including phenoxy) is 1. The molecule has 0 fully saturated rings. The maximum atomic E-state index is 13.6. The maximum Gasteiger partial charge on any atom is 0.256 e. The van der Waals surface area contributed by atoms with Crippen LogP contribution in [0.4, 0.5) is 0 Å². The Morgan fingerprint density at radius 2 is 2.00 bits per heavy atom. The molecule has 0 spiro atoms. The van der Waals surface area contributed by atoms with E-state index >= 15 is 0 Å². The van der Waals surface area contributed by atoms with Gasteiger partial charge < -0.3 is 14.6 Å². The molecule has 8 heteroatoms. The molecule has 7 nitrogen and oxygen atoms in total. The van der Waals surface area contributed by atoms with Crippen LogP contribution in [0.3, 0.4) is 0 Å². The Hall–Kier alpha value is -3.06. The second-order valence-corrected chi connectivity index (χ2v) is 8.96. The quantitative estimate of drug-likeness (QED) is 0.631. The molecular weight excluding hydrogens is 428 g/mol. The Bertz CT molecular complexity index is 1260. The van der Waals surface area contributed by atoms with Crippen molar-refractivity contribution >= 4 is 17.5 Å². The molecule has 32 heavy (non-hydrogen) atoms. The summed E-state index contributed by atoms with van der Waals surface area (Å²) in [4.78, 5) is 30.6. The van der Waals surface area contributed by atoms with Crippen LogP contribution in [0.25, 0.3) is 11.1 Å². The van der Waals surface area contributed by atoms with Gasteiger partial charge in [-0.2, -0.15) is 5.10 Å². The molecular formula is C24H27ClN4O3. The van der Waals surface area contributed by atoms with E-state index in [1.807, 2.05) is 53.1 Å². The van der Waals surface area contributed by atoms with Crippen LogP contribution in [0.5, 0.6) is 5.75 Å². The first-order chi connectivity index (χ1) is 15.2. The summed E-state index contributed by atoms with van der Waals surface area (Å²) < 4.78 is 7.67. The van der Waals surface area contributed by atoms with Crippen LogP contribution in [0.1, 0.15) is 46.6 Å². The summed E-state index contributed by atoms with van der Waals surface area (Å²) in [5.74, 6) is 0.272. The number of pyridine rings is 1. The van der Waals surface area contributed by atoms with E-state index in [-0.39, 0.29) is 24.1 Å². The fourth-order valence-electron chi connectivity index (χ4n) is 4.24. The molecule has 1 aromatic carbocycles. The largest absolute Gasteiger partial charge is 0.489 e. The molecule has 0 atom stereocenters. The summed E-state index contributed by atoms with van der Waals surface area (Å²) in [5.41, 5.74) is 5.21. The molecule has 1 N–H and O–H groups in total. The number of amides is 1. The smallest absolute Gasteiger partial charge is 0.256 e. The fraction of sp³-hybridized carbons (Fsp3) is 0.375. The predicted octanol–water partition coefficient (Wildman–Crippen LogP) is 4.03. The highest BCUT2D eigenvalue weighted by Gasteiger charge is 2.32. The van der Waals surface area contributed by atoms with Crippen molar-refractivity contribution in [1.82, 2.24) is 19.7 Å². The number of aryl methyl sites for hydroxylation is 3. The van der Waals surface area contributed by atoms with Gasteiger partial charge >= 0.3 is 0 Å². The number of aromatic nitrogens is 3. The maximum absolute atomic E-state index is 13.6. The van der Waals surface area contributed by atoms with E-state index in [1.165, 1.54) is 0 Å². The van der Waals surface area contributed by atoms with E-state index in [2.05, 4.69) is 10.1 Å². The Labute approximate surface area is 192 Å². The average Bonchev–Trinajstić information content (AvgIpc) is 3.13. The van der Waals surface area contributed by atoms with E-state index in [0.29, 0.717) is 34.9 Å². The molecule has 0 aliphatic carbocycles. The first kappa shape index (κ1) is 22.1. The Kier molecular flexibility index (Phi) is 5.86. The molecule has 1 amide bonds. The number of hydrogen-bond donors (Lipinski definition) is 1. The molecule has 0 bridgehead atoms. The van der Waals surface area contributed by atoms with Crippen molar-refractivity contribution in [2.24, 2.45) is 7.05 Å². The van der Waals surface area contributed by atoms with Gasteiger partial charge in [-0.3, -0.25) is 14.3 Å². The lowest BCUT2D eigenvalue weighted by Crippen LogP contribution is -2.39. The molecule has 3 heterocycles. The molecule has 3 aromatic rings. The summed E-state index contributed by atoms with van der Waals surface area (Å²) in [7, 11) is 1.85. The van der Waals surface area contributed by atoms with Crippen LogP contribution >= 0.6 is 11.6 Å². The molecule has 1 aliphatic heterocycles. The second-order valence-electron chi connectivity index (χ2n) is 8.58. The monoisotopic (exact) mass is 454 g/mol. The highest BCUT2D eigenvalue weighted by atomic mass is 35.5. The van der Waals surface area contributed by atoms with Gasteiger partial charge in [-0.1, -0.05) is 11.6 Å². The molecule has 0 saturated heterocycles.